The lowest BCUT2D eigenvalue weighted by molar-refractivity contribution is -0.124. The third-order valence-electron chi connectivity index (χ3n) is 3.18. The molecule has 1 aliphatic rings. The van der Waals surface area contributed by atoms with Crippen molar-refractivity contribution in [2.45, 2.75) is 6.42 Å². The predicted molar refractivity (Wildman–Crippen MR) is 80.0 cm³/mol. The highest BCUT2D eigenvalue weighted by Gasteiger charge is 2.21. The molecule has 2 amide bonds. The van der Waals surface area contributed by atoms with E-state index in [1.54, 1.807) is 12.1 Å². The molecule has 1 aromatic carbocycles. The zero-order valence-electron chi connectivity index (χ0n) is 11.2. The molecule has 5 nitrogen and oxygen atoms in total. The maximum Gasteiger partial charge on any atom is 0.251 e. The van der Waals surface area contributed by atoms with Crippen LogP contribution in [0.1, 0.15) is 16.8 Å². The second-order valence-corrected chi connectivity index (χ2v) is 4.60. The molecule has 20 heavy (non-hydrogen) atoms. The summed E-state index contributed by atoms with van der Waals surface area (Å²) in [7, 11) is 0. The zero-order valence-corrected chi connectivity index (χ0v) is 12.0. The Labute approximate surface area is 124 Å². The van der Waals surface area contributed by atoms with Gasteiger partial charge in [0.05, 0.1) is 5.92 Å². The third kappa shape index (κ3) is 4.83. The van der Waals surface area contributed by atoms with E-state index >= 15 is 0 Å². The van der Waals surface area contributed by atoms with Gasteiger partial charge in [0, 0.05) is 25.2 Å². The lowest BCUT2D eigenvalue weighted by atomic mass is 10.1. The predicted octanol–water partition coefficient (Wildman–Crippen LogP) is 0.564. The maximum absolute atomic E-state index is 11.7. The molecule has 1 aliphatic heterocycles. The molecule has 6 heteroatoms. The smallest absolute Gasteiger partial charge is 0.251 e. The Kier molecular flexibility index (Phi) is 7.04. The Morgan fingerprint density at radius 1 is 1.15 bits per heavy atom. The number of rotatable bonds is 5. The van der Waals surface area contributed by atoms with Crippen molar-refractivity contribution in [3.63, 3.8) is 0 Å². The molecule has 0 aromatic heterocycles. The van der Waals surface area contributed by atoms with Crippen molar-refractivity contribution in [1.82, 2.24) is 16.0 Å². The average Bonchev–Trinajstić information content (AvgIpc) is 2.98. The summed E-state index contributed by atoms with van der Waals surface area (Å²) in [6.45, 7) is 2.57. The molecule has 1 aromatic rings. The van der Waals surface area contributed by atoms with Crippen LogP contribution in [0.5, 0.6) is 0 Å². The van der Waals surface area contributed by atoms with E-state index in [0.717, 1.165) is 19.5 Å². The number of hydrogen-bond acceptors (Lipinski definition) is 3. The molecule has 0 bridgehead atoms. The minimum absolute atomic E-state index is 0. The van der Waals surface area contributed by atoms with Gasteiger partial charge in [-0.05, 0) is 25.1 Å². The summed E-state index contributed by atoms with van der Waals surface area (Å²) in [6, 6.07) is 9.04. The number of nitrogens with one attached hydrogen (secondary N) is 3. The van der Waals surface area contributed by atoms with Crippen LogP contribution in [0.3, 0.4) is 0 Å². The van der Waals surface area contributed by atoms with Gasteiger partial charge in [0.1, 0.15) is 0 Å². The Hall–Kier alpha value is -1.59. The van der Waals surface area contributed by atoms with Crippen molar-refractivity contribution in [1.29, 1.82) is 0 Å². The van der Waals surface area contributed by atoms with E-state index in [2.05, 4.69) is 16.0 Å². The summed E-state index contributed by atoms with van der Waals surface area (Å²) in [5.41, 5.74) is 0.633. The Morgan fingerprint density at radius 3 is 2.50 bits per heavy atom. The highest BCUT2D eigenvalue weighted by Crippen LogP contribution is 2.06. The summed E-state index contributed by atoms with van der Waals surface area (Å²) in [6.07, 6.45) is 0.891. The zero-order chi connectivity index (χ0) is 13.5. The Morgan fingerprint density at radius 2 is 1.85 bits per heavy atom. The summed E-state index contributed by atoms with van der Waals surface area (Å²) >= 11 is 0. The molecule has 1 unspecified atom stereocenters. The molecular formula is C14H20ClN3O2. The SMILES string of the molecule is Cl.O=C(NCCNC(=O)C1CCNC1)c1ccccc1. The van der Waals surface area contributed by atoms with Crippen LogP contribution in [-0.2, 0) is 4.79 Å². The number of carbonyl (C=O) groups excluding carboxylic acids is 2. The minimum Gasteiger partial charge on any atom is -0.354 e. The van der Waals surface area contributed by atoms with Gasteiger partial charge in [-0.15, -0.1) is 12.4 Å². The molecule has 2 rings (SSSR count). The first-order valence-electron chi connectivity index (χ1n) is 6.59. The quantitative estimate of drug-likeness (QED) is 0.696. The van der Waals surface area contributed by atoms with Crippen LogP contribution < -0.4 is 16.0 Å². The normalized spacial score (nSPS) is 17.1. The van der Waals surface area contributed by atoms with Gasteiger partial charge < -0.3 is 16.0 Å². The van der Waals surface area contributed by atoms with Gasteiger partial charge in [-0.1, -0.05) is 18.2 Å². The standard InChI is InChI=1S/C14H19N3O2.ClH/c18-13(11-4-2-1-3-5-11)16-8-9-17-14(19)12-6-7-15-10-12;/h1-5,12,15H,6-10H2,(H,16,18)(H,17,19);1H. The van der Waals surface area contributed by atoms with Gasteiger partial charge in [-0.25, -0.2) is 0 Å². The van der Waals surface area contributed by atoms with E-state index in [-0.39, 0.29) is 30.1 Å². The van der Waals surface area contributed by atoms with Crippen molar-refractivity contribution >= 4 is 24.2 Å². The van der Waals surface area contributed by atoms with Crippen molar-refractivity contribution < 1.29 is 9.59 Å². The molecular weight excluding hydrogens is 278 g/mol. The molecule has 3 N–H and O–H groups in total. The van der Waals surface area contributed by atoms with E-state index in [4.69, 9.17) is 0 Å². The van der Waals surface area contributed by atoms with E-state index < -0.39 is 0 Å². The molecule has 0 spiro atoms. The summed E-state index contributed by atoms with van der Waals surface area (Å²) < 4.78 is 0. The Balaban J connectivity index is 0.00000200. The fourth-order valence-electron chi connectivity index (χ4n) is 2.08. The van der Waals surface area contributed by atoms with Gasteiger partial charge in [0.15, 0.2) is 0 Å². The summed E-state index contributed by atoms with van der Waals surface area (Å²) in [5, 5.41) is 8.77. The number of benzene rings is 1. The van der Waals surface area contributed by atoms with Crippen LogP contribution in [-0.4, -0.2) is 38.0 Å². The molecule has 0 radical (unpaired) electrons. The lowest BCUT2D eigenvalue weighted by Gasteiger charge is -2.10. The van der Waals surface area contributed by atoms with E-state index in [9.17, 15) is 9.59 Å². The largest absolute Gasteiger partial charge is 0.354 e. The van der Waals surface area contributed by atoms with Gasteiger partial charge in [-0.3, -0.25) is 9.59 Å². The fourth-order valence-corrected chi connectivity index (χ4v) is 2.08. The Bertz CT molecular complexity index is 433. The highest BCUT2D eigenvalue weighted by molar-refractivity contribution is 5.94. The summed E-state index contributed by atoms with van der Waals surface area (Å²) in [4.78, 5) is 23.4. The molecule has 110 valence electrons. The van der Waals surface area contributed by atoms with Crippen molar-refractivity contribution in [3.8, 4) is 0 Å². The van der Waals surface area contributed by atoms with Crippen LogP contribution in [0.4, 0.5) is 0 Å². The van der Waals surface area contributed by atoms with Gasteiger partial charge in [0.25, 0.3) is 5.91 Å². The minimum atomic E-state index is -0.114. The van der Waals surface area contributed by atoms with Crippen LogP contribution in [0.2, 0.25) is 0 Å². The van der Waals surface area contributed by atoms with Crippen molar-refractivity contribution in [3.05, 3.63) is 35.9 Å². The molecule has 0 saturated carbocycles. The van der Waals surface area contributed by atoms with Gasteiger partial charge in [0.2, 0.25) is 5.91 Å². The highest BCUT2D eigenvalue weighted by atomic mass is 35.5. The molecule has 1 heterocycles. The lowest BCUT2D eigenvalue weighted by Crippen LogP contribution is -2.38. The van der Waals surface area contributed by atoms with Crippen LogP contribution in [0.25, 0.3) is 0 Å². The van der Waals surface area contributed by atoms with E-state index in [1.807, 2.05) is 18.2 Å². The van der Waals surface area contributed by atoms with Gasteiger partial charge in [-0.2, -0.15) is 0 Å². The second kappa shape index (κ2) is 8.55. The summed E-state index contributed by atoms with van der Waals surface area (Å²) in [5.74, 6) is 0.0289. The van der Waals surface area contributed by atoms with E-state index in [1.165, 1.54) is 0 Å². The first kappa shape index (κ1) is 16.5. The third-order valence-corrected chi connectivity index (χ3v) is 3.18. The van der Waals surface area contributed by atoms with Gasteiger partial charge >= 0.3 is 0 Å². The molecule has 1 saturated heterocycles. The first-order valence-corrected chi connectivity index (χ1v) is 6.59. The molecule has 1 atom stereocenters. The van der Waals surface area contributed by atoms with Crippen LogP contribution in [0.15, 0.2) is 30.3 Å². The number of hydrogen-bond donors (Lipinski definition) is 3. The number of carbonyl (C=O) groups is 2. The monoisotopic (exact) mass is 297 g/mol. The van der Waals surface area contributed by atoms with Crippen LogP contribution in [0, 0.1) is 5.92 Å². The second-order valence-electron chi connectivity index (χ2n) is 4.60. The van der Waals surface area contributed by atoms with Crippen molar-refractivity contribution in [2.24, 2.45) is 5.92 Å². The number of amides is 2. The number of halogens is 1. The first-order chi connectivity index (χ1) is 9.27. The fraction of sp³-hybridized carbons (Fsp3) is 0.429. The molecule has 1 fully saturated rings. The van der Waals surface area contributed by atoms with Crippen molar-refractivity contribution in [2.75, 3.05) is 26.2 Å². The average molecular weight is 298 g/mol. The molecule has 0 aliphatic carbocycles. The van der Waals surface area contributed by atoms with Crippen LogP contribution >= 0.6 is 12.4 Å². The maximum atomic E-state index is 11.7. The topological polar surface area (TPSA) is 70.2 Å². The van der Waals surface area contributed by atoms with E-state index in [0.29, 0.717) is 18.7 Å².